The summed E-state index contributed by atoms with van der Waals surface area (Å²) in [6.45, 7) is 0.321. The molecule has 4 nitrogen and oxygen atoms in total. The summed E-state index contributed by atoms with van der Waals surface area (Å²) in [4.78, 5) is 4.08. The van der Waals surface area contributed by atoms with Crippen LogP contribution in [0.4, 0.5) is 4.39 Å². The summed E-state index contributed by atoms with van der Waals surface area (Å²) in [5.41, 5.74) is 9.67. The molecule has 2 rings (SSSR count). The summed E-state index contributed by atoms with van der Waals surface area (Å²) in [6.07, 6.45) is 1.46. The molecule has 0 aromatic heterocycles. The van der Waals surface area contributed by atoms with Gasteiger partial charge in [-0.05, 0) is 29.8 Å². The fraction of sp³-hybridized carbons (Fsp3) is 0.0667. The van der Waals surface area contributed by atoms with Crippen LogP contribution in [0.3, 0.4) is 0 Å². The Morgan fingerprint density at radius 3 is 2.41 bits per heavy atom. The number of nitrogens with zero attached hydrogens (tertiary/aromatic N) is 2. The minimum absolute atomic E-state index is 0.128. The molecule has 0 unspecified atom stereocenters. The molecule has 114 valence electrons. The van der Waals surface area contributed by atoms with Gasteiger partial charge in [-0.25, -0.2) is 14.8 Å². The van der Waals surface area contributed by atoms with Gasteiger partial charge in [-0.15, -0.1) is 0 Å². The molecule has 0 spiro atoms. The molecule has 0 atom stereocenters. The van der Waals surface area contributed by atoms with E-state index >= 15 is 0 Å². The first-order chi connectivity index (χ1) is 10.6. The largest absolute Gasteiger partial charge is 0.369 e. The van der Waals surface area contributed by atoms with Crippen LogP contribution in [0.5, 0.6) is 0 Å². The number of hydrazone groups is 1. The predicted molar refractivity (Wildman–Crippen MR) is 88.9 cm³/mol. The highest BCUT2D eigenvalue weighted by molar-refractivity contribution is 6.38. The van der Waals surface area contributed by atoms with Gasteiger partial charge in [-0.3, -0.25) is 0 Å². The number of aliphatic imine (C=N–C) groups is 1. The third-order valence-electron chi connectivity index (χ3n) is 2.72. The maximum atomic E-state index is 12.8. The lowest BCUT2D eigenvalue weighted by Gasteiger charge is -2.02. The van der Waals surface area contributed by atoms with Crippen molar-refractivity contribution < 1.29 is 4.39 Å². The molecule has 3 N–H and O–H groups in total. The second-order valence-corrected chi connectivity index (χ2v) is 5.15. The fourth-order valence-electron chi connectivity index (χ4n) is 1.60. The van der Waals surface area contributed by atoms with Gasteiger partial charge in [0.2, 0.25) is 5.96 Å². The summed E-state index contributed by atoms with van der Waals surface area (Å²) in [6, 6.07) is 11.2. The molecular formula is C15H13Cl2FN4. The molecular weight excluding hydrogens is 326 g/mol. The SMILES string of the molecule is NC(=NCc1ccc(F)cc1)N/N=C/c1c(Cl)cccc1Cl. The molecule has 0 heterocycles. The van der Waals surface area contributed by atoms with E-state index in [1.54, 1.807) is 30.3 Å². The van der Waals surface area contributed by atoms with Crippen molar-refractivity contribution in [3.63, 3.8) is 0 Å². The zero-order chi connectivity index (χ0) is 15.9. The summed E-state index contributed by atoms with van der Waals surface area (Å²) >= 11 is 12.0. The highest BCUT2D eigenvalue weighted by Gasteiger charge is 2.01. The van der Waals surface area contributed by atoms with E-state index in [2.05, 4.69) is 15.5 Å². The molecule has 0 amide bonds. The van der Waals surface area contributed by atoms with Crippen molar-refractivity contribution in [1.82, 2.24) is 5.43 Å². The van der Waals surface area contributed by atoms with Crippen LogP contribution < -0.4 is 11.2 Å². The Morgan fingerprint density at radius 1 is 1.14 bits per heavy atom. The fourth-order valence-corrected chi connectivity index (χ4v) is 2.09. The van der Waals surface area contributed by atoms with Gasteiger partial charge in [0.1, 0.15) is 5.82 Å². The molecule has 0 aliphatic carbocycles. The van der Waals surface area contributed by atoms with Crippen molar-refractivity contribution in [2.24, 2.45) is 15.8 Å². The van der Waals surface area contributed by atoms with Crippen LogP contribution in [0.1, 0.15) is 11.1 Å². The normalized spacial score (nSPS) is 11.9. The lowest BCUT2D eigenvalue weighted by atomic mass is 10.2. The lowest BCUT2D eigenvalue weighted by molar-refractivity contribution is 0.627. The molecule has 0 aliphatic heterocycles. The molecule has 22 heavy (non-hydrogen) atoms. The smallest absolute Gasteiger partial charge is 0.209 e. The summed E-state index contributed by atoms with van der Waals surface area (Å²) < 4.78 is 12.8. The number of nitrogens with one attached hydrogen (secondary N) is 1. The molecule has 0 saturated heterocycles. The quantitative estimate of drug-likeness (QED) is 0.508. The van der Waals surface area contributed by atoms with Crippen molar-refractivity contribution >= 4 is 35.4 Å². The Balaban J connectivity index is 1.94. The summed E-state index contributed by atoms with van der Waals surface area (Å²) in [5, 5.41) is 4.90. The van der Waals surface area contributed by atoms with Gasteiger partial charge < -0.3 is 5.73 Å². The minimum atomic E-state index is -0.292. The number of nitrogens with two attached hydrogens (primary N) is 1. The van der Waals surface area contributed by atoms with E-state index in [0.29, 0.717) is 22.2 Å². The van der Waals surface area contributed by atoms with Gasteiger partial charge in [0.15, 0.2) is 0 Å². The average Bonchev–Trinajstić information content (AvgIpc) is 2.50. The van der Waals surface area contributed by atoms with Crippen molar-refractivity contribution in [2.75, 3.05) is 0 Å². The number of hydrogen-bond donors (Lipinski definition) is 2. The molecule has 0 saturated carbocycles. The maximum Gasteiger partial charge on any atom is 0.209 e. The number of hydrogen-bond acceptors (Lipinski definition) is 2. The van der Waals surface area contributed by atoms with Gasteiger partial charge >= 0.3 is 0 Å². The van der Waals surface area contributed by atoms with Crippen molar-refractivity contribution in [3.05, 3.63) is 69.5 Å². The molecule has 0 aliphatic rings. The first-order valence-corrected chi connectivity index (χ1v) is 7.09. The second-order valence-electron chi connectivity index (χ2n) is 4.33. The Kier molecular flexibility index (Phi) is 5.75. The molecule has 0 radical (unpaired) electrons. The zero-order valence-electron chi connectivity index (χ0n) is 11.4. The standard InChI is InChI=1S/C15H13Cl2FN4/c16-13-2-1-3-14(17)12(13)9-21-22-15(19)20-8-10-4-6-11(18)7-5-10/h1-7,9H,8H2,(H3,19,20,22)/b21-9+. The van der Waals surface area contributed by atoms with Gasteiger partial charge in [-0.2, -0.15) is 5.10 Å². The van der Waals surface area contributed by atoms with E-state index in [9.17, 15) is 4.39 Å². The molecule has 2 aromatic rings. The molecule has 2 aromatic carbocycles. The van der Waals surface area contributed by atoms with Gasteiger partial charge in [-0.1, -0.05) is 41.4 Å². The highest BCUT2D eigenvalue weighted by atomic mass is 35.5. The first-order valence-electron chi connectivity index (χ1n) is 6.33. The van der Waals surface area contributed by atoms with Crippen LogP contribution in [-0.2, 0) is 6.54 Å². The number of halogens is 3. The van der Waals surface area contributed by atoms with Crippen LogP contribution in [0, 0.1) is 5.82 Å². The maximum absolute atomic E-state index is 12.8. The Bertz CT molecular complexity index is 679. The summed E-state index contributed by atoms with van der Waals surface area (Å²) in [5.74, 6) is -0.163. The van der Waals surface area contributed by atoms with E-state index in [4.69, 9.17) is 28.9 Å². The van der Waals surface area contributed by atoms with Crippen LogP contribution in [0.25, 0.3) is 0 Å². The zero-order valence-corrected chi connectivity index (χ0v) is 12.9. The van der Waals surface area contributed by atoms with Crippen molar-refractivity contribution in [1.29, 1.82) is 0 Å². The third kappa shape index (κ3) is 4.72. The highest BCUT2D eigenvalue weighted by Crippen LogP contribution is 2.21. The minimum Gasteiger partial charge on any atom is -0.369 e. The van der Waals surface area contributed by atoms with Crippen LogP contribution in [-0.4, -0.2) is 12.2 Å². The van der Waals surface area contributed by atoms with Crippen molar-refractivity contribution in [3.8, 4) is 0 Å². The molecule has 0 bridgehead atoms. The monoisotopic (exact) mass is 338 g/mol. The van der Waals surface area contributed by atoms with E-state index < -0.39 is 0 Å². The molecule has 0 fully saturated rings. The van der Waals surface area contributed by atoms with Gasteiger partial charge in [0, 0.05) is 5.56 Å². The van der Waals surface area contributed by atoms with E-state index in [1.807, 2.05) is 0 Å². The number of rotatable bonds is 4. The Hall–Kier alpha value is -2.11. The Labute approximate surface area is 137 Å². The van der Waals surface area contributed by atoms with Crippen LogP contribution in [0.2, 0.25) is 10.0 Å². The predicted octanol–water partition coefficient (Wildman–Crippen LogP) is 3.57. The number of benzene rings is 2. The first kappa shape index (κ1) is 16.3. The average molecular weight is 339 g/mol. The summed E-state index contributed by atoms with van der Waals surface area (Å²) in [7, 11) is 0. The molecule has 7 heteroatoms. The van der Waals surface area contributed by atoms with Crippen molar-refractivity contribution in [2.45, 2.75) is 6.54 Å². The van der Waals surface area contributed by atoms with Gasteiger partial charge in [0.05, 0.1) is 22.8 Å². The number of guanidine groups is 1. The van der Waals surface area contributed by atoms with E-state index in [0.717, 1.165) is 5.56 Å². The second kappa shape index (κ2) is 7.77. The lowest BCUT2D eigenvalue weighted by Crippen LogP contribution is -2.27. The van der Waals surface area contributed by atoms with Gasteiger partial charge in [0.25, 0.3) is 0 Å². The third-order valence-corrected chi connectivity index (χ3v) is 3.38. The van der Waals surface area contributed by atoms with E-state index in [-0.39, 0.29) is 11.8 Å². The van der Waals surface area contributed by atoms with E-state index in [1.165, 1.54) is 18.3 Å². The van der Waals surface area contributed by atoms with Crippen LogP contribution >= 0.6 is 23.2 Å². The Morgan fingerprint density at radius 2 is 1.77 bits per heavy atom. The van der Waals surface area contributed by atoms with Crippen LogP contribution in [0.15, 0.2) is 52.6 Å². The topological polar surface area (TPSA) is 62.8 Å².